The van der Waals surface area contributed by atoms with Gasteiger partial charge in [0.05, 0.1) is 30.3 Å². The number of sulfone groups is 1. The van der Waals surface area contributed by atoms with Gasteiger partial charge in [-0.15, -0.1) is 0 Å². The Labute approximate surface area is 127 Å². The second-order valence-corrected chi connectivity index (χ2v) is 9.72. The molecule has 21 heavy (non-hydrogen) atoms. The van der Waals surface area contributed by atoms with Crippen LogP contribution >= 0.6 is 0 Å². The second-order valence-electron chi connectivity index (χ2n) is 6.97. The largest absolute Gasteiger partial charge is 0.380 e. The van der Waals surface area contributed by atoms with Crippen LogP contribution in [0.3, 0.4) is 0 Å². The van der Waals surface area contributed by atoms with Crippen LogP contribution in [0.2, 0.25) is 0 Å². The van der Waals surface area contributed by atoms with Crippen LogP contribution in [-0.2, 0) is 14.6 Å². The van der Waals surface area contributed by atoms with Gasteiger partial charge in [-0.05, 0) is 20.8 Å². The van der Waals surface area contributed by atoms with Crippen LogP contribution in [-0.4, -0.2) is 69.2 Å². The summed E-state index contributed by atoms with van der Waals surface area (Å²) in [7, 11) is -3.02. The van der Waals surface area contributed by atoms with Crippen molar-refractivity contribution in [2.24, 2.45) is 10.4 Å². The molecule has 2 rings (SSSR count). The fourth-order valence-corrected chi connectivity index (χ4v) is 3.92. The number of nitrogens with zero attached hydrogens (tertiary/aromatic N) is 2. The molecule has 2 fully saturated rings. The number of aliphatic imine (C=N–C) groups is 1. The van der Waals surface area contributed by atoms with E-state index in [4.69, 9.17) is 9.73 Å². The standard InChI is InChI=1S/C14H27N3O3S/c1-5-15-12(16-8-14(4)10-20-11-14)17-6-7-21(18,19)13(2,3)9-17/h5-11H2,1-4H3,(H,15,16). The molecule has 2 saturated heterocycles. The molecule has 0 aromatic carbocycles. The van der Waals surface area contributed by atoms with Crippen LogP contribution in [0, 0.1) is 5.41 Å². The van der Waals surface area contributed by atoms with Gasteiger partial charge in [0.25, 0.3) is 0 Å². The van der Waals surface area contributed by atoms with Gasteiger partial charge in [0.1, 0.15) is 0 Å². The fraction of sp³-hybridized carbons (Fsp3) is 0.929. The Morgan fingerprint density at radius 1 is 1.33 bits per heavy atom. The van der Waals surface area contributed by atoms with E-state index >= 15 is 0 Å². The predicted molar refractivity (Wildman–Crippen MR) is 84.3 cm³/mol. The normalized spacial score (nSPS) is 27.0. The maximum atomic E-state index is 12.1. The highest BCUT2D eigenvalue weighted by molar-refractivity contribution is 7.92. The highest BCUT2D eigenvalue weighted by atomic mass is 32.2. The quantitative estimate of drug-likeness (QED) is 0.606. The van der Waals surface area contributed by atoms with Crippen LogP contribution in [0.15, 0.2) is 4.99 Å². The third-order valence-corrected chi connectivity index (χ3v) is 6.72. The van der Waals surface area contributed by atoms with Gasteiger partial charge in [-0.2, -0.15) is 0 Å². The van der Waals surface area contributed by atoms with E-state index in [2.05, 4.69) is 17.1 Å². The summed E-state index contributed by atoms with van der Waals surface area (Å²) in [5.41, 5.74) is 0.123. The molecule has 0 spiro atoms. The number of guanidine groups is 1. The van der Waals surface area contributed by atoms with Gasteiger partial charge >= 0.3 is 0 Å². The molecule has 1 N–H and O–H groups in total. The van der Waals surface area contributed by atoms with Gasteiger partial charge in [-0.1, -0.05) is 6.92 Å². The van der Waals surface area contributed by atoms with Crippen molar-refractivity contribution < 1.29 is 13.2 Å². The predicted octanol–water partition coefficient (Wildman–Crippen LogP) is 0.497. The molecule has 0 aromatic rings. The van der Waals surface area contributed by atoms with E-state index < -0.39 is 14.6 Å². The van der Waals surface area contributed by atoms with E-state index in [0.717, 1.165) is 25.7 Å². The molecule has 0 radical (unpaired) electrons. The van der Waals surface area contributed by atoms with Crippen molar-refractivity contribution in [2.45, 2.75) is 32.4 Å². The van der Waals surface area contributed by atoms with Crippen LogP contribution in [0.5, 0.6) is 0 Å². The summed E-state index contributed by atoms with van der Waals surface area (Å²) in [5.74, 6) is 0.999. The van der Waals surface area contributed by atoms with E-state index in [-0.39, 0.29) is 11.2 Å². The minimum absolute atomic E-state index is 0.123. The second kappa shape index (κ2) is 5.76. The Morgan fingerprint density at radius 3 is 2.48 bits per heavy atom. The van der Waals surface area contributed by atoms with Crippen molar-refractivity contribution in [1.29, 1.82) is 0 Å². The zero-order valence-electron chi connectivity index (χ0n) is 13.5. The maximum Gasteiger partial charge on any atom is 0.194 e. The molecular formula is C14H27N3O3S. The van der Waals surface area contributed by atoms with Crippen molar-refractivity contribution in [3.63, 3.8) is 0 Å². The highest BCUT2D eigenvalue weighted by Gasteiger charge is 2.41. The highest BCUT2D eigenvalue weighted by Crippen LogP contribution is 2.27. The van der Waals surface area contributed by atoms with Gasteiger partial charge in [-0.25, -0.2) is 8.42 Å². The van der Waals surface area contributed by atoms with Crippen molar-refractivity contribution >= 4 is 15.8 Å². The monoisotopic (exact) mass is 317 g/mol. The zero-order chi connectivity index (χ0) is 15.7. The van der Waals surface area contributed by atoms with E-state index in [0.29, 0.717) is 19.6 Å². The first kappa shape index (κ1) is 16.5. The molecule has 0 atom stereocenters. The lowest BCUT2D eigenvalue weighted by atomic mass is 9.89. The molecular weight excluding hydrogens is 290 g/mol. The Bertz CT molecular complexity index is 510. The summed E-state index contributed by atoms with van der Waals surface area (Å²) < 4.78 is 28.7. The summed E-state index contributed by atoms with van der Waals surface area (Å²) >= 11 is 0. The first-order valence-electron chi connectivity index (χ1n) is 7.52. The van der Waals surface area contributed by atoms with Crippen molar-refractivity contribution in [1.82, 2.24) is 10.2 Å². The number of hydrogen-bond acceptors (Lipinski definition) is 4. The first-order chi connectivity index (χ1) is 9.69. The van der Waals surface area contributed by atoms with Crippen LogP contribution < -0.4 is 5.32 Å². The minimum atomic E-state index is -3.02. The van der Waals surface area contributed by atoms with Gasteiger partial charge in [0.15, 0.2) is 15.8 Å². The van der Waals surface area contributed by atoms with Gasteiger partial charge in [0, 0.05) is 25.0 Å². The fourth-order valence-electron chi connectivity index (χ4n) is 2.56. The lowest BCUT2D eigenvalue weighted by molar-refractivity contribution is -0.0946. The summed E-state index contributed by atoms with van der Waals surface area (Å²) in [6, 6.07) is 0. The van der Waals surface area contributed by atoms with Gasteiger partial charge in [0.2, 0.25) is 0 Å². The average Bonchev–Trinajstić information content (AvgIpc) is 2.36. The van der Waals surface area contributed by atoms with Gasteiger partial charge < -0.3 is 15.0 Å². The smallest absolute Gasteiger partial charge is 0.194 e. The summed E-state index contributed by atoms with van der Waals surface area (Å²) in [6.45, 7) is 11.7. The van der Waals surface area contributed by atoms with Gasteiger partial charge in [-0.3, -0.25) is 4.99 Å². The van der Waals surface area contributed by atoms with E-state index in [1.54, 1.807) is 13.8 Å². The van der Waals surface area contributed by atoms with Crippen LogP contribution in [0.1, 0.15) is 27.7 Å². The summed E-state index contributed by atoms with van der Waals surface area (Å²) in [4.78, 5) is 6.76. The Kier molecular flexibility index (Phi) is 4.54. The van der Waals surface area contributed by atoms with Crippen LogP contribution in [0.25, 0.3) is 0 Å². The lowest BCUT2D eigenvalue weighted by Gasteiger charge is -2.40. The Morgan fingerprint density at radius 2 is 2.00 bits per heavy atom. The number of nitrogens with one attached hydrogen (secondary N) is 1. The molecule has 0 bridgehead atoms. The number of ether oxygens (including phenoxy) is 1. The minimum Gasteiger partial charge on any atom is -0.380 e. The SMILES string of the molecule is CCNC(=NCC1(C)COC1)N1CCS(=O)(=O)C(C)(C)C1. The third kappa shape index (κ3) is 3.51. The van der Waals surface area contributed by atoms with E-state index in [1.165, 1.54) is 0 Å². The lowest BCUT2D eigenvalue weighted by Crippen LogP contribution is -2.57. The molecule has 2 heterocycles. The molecule has 2 aliphatic rings. The van der Waals surface area contributed by atoms with Crippen molar-refractivity contribution in [3.05, 3.63) is 0 Å². The molecule has 2 aliphatic heterocycles. The molecule has 0 aromatic heterocycles. The summed E-state index contributed by atoms with van der Waals surface area (Å²) in [6.07, 6.45) is 0. The van der Waals surface area contributed by atoms with E-state index in [1.807, 2.05) is 6.92 Å². The molecule has 0 aliphatic carbocycles. The topological polar surface area (TPSA) is 71.0 Å². The number of hydrogen-bond donors (Lipinski definition) is 1. The third-order valence-electron chi connectivity index (χ3n) is 4.19. The molecule has 0 amide bonds. The Hall–Kier alpha value is -0.820. The molecule has 6 nitrogen and oxygen atoms in total. The number of rotatable bonds is 3. The molecule has 0 saturated carbocycles. The van der Waals surface area contributed by atoms with E-state index in [9.17, 15) is 8.42 Å². The maximum absolute atomic E-state index is 12.1. The summed E-state index contributed by atoms with van der Waals surface area (Å²) in [5, 5.41) is 3.28. The van der Waals surface area contributed by atoms with Crippen LogP contribution in [0.4, 0.5) is 0 Å². The molecule has 0 unspecified atom stereocenters. The molecule has 7 heteroatoms. The first-order valence-corrected chi connectivity index (χ1v) is 9.18. The molecule has 122 valence electrons. The zero-order valence-corrected chi connectivity index (χ0v) is 14.3. The Balaban J connectivity index is 2.10. The average molecular weight is 317 g/mol. The van der Waals surface area contributed by atoms with Crippen molar-refractivity contribution in [3.8, 4) is 0 Å². The van der Waals surface area contributed by atoms with Crippen molar-refractivity contribution in [2.75, 3.05) is 45.1 Å².